The second kappa shape index (κ2) is 12.4. The van der Waals surface area contributed by atoms with Crippen molar-refractivity contribution in [3.63, 3.8) is 0 Å². The van der Waals surface area contributed by atoms with Gasteiger partial charge in [0.15, 0.2) is 5.76 Å². The van der Waals surface area contributed by atoms with Gasteiger partial charge in [-0.05, 0) is 110 Å². The third kappa shape index (κ3) is 5.57. The second-order valence-electron chi connectivity index (χ2n) is 17.4. The van der Waals surface area contributed by atoms with Gasteiger partial charge in [-0.2, -0.15) is 13.2 Å². The third-order valence-electron chi connectivity index (χ3n) is 14.8. The van der Waals surface area contributed by atoms with E-state index in [1.165, 1.54) is 36.4 Å². The van der Waals surface area contributed by atoms with E-state index in [1.54, 1.807) is 4.90 Å². The summed E-state index contributed by atoms with van der Waals surface area (Å²) in [5.74, 6) is -0.971. The fraction of sp³-hybridized carbons (Fsp3) is 0.488. The van der Waals surface area contributed by atoms with E-state index in [9.17, 15) is 36.2 Å². The Morgan fingerprint density at radius 2 is 1.63 bits per heavy atom. The van der Waals surface area contributed by atoms with Crippen molar-refractivity contribution in [1.82, 2.24) is 4.90 Å². The minimum atomic E-state index is -4.83. The van der Waals surface area contributed by atoms with E-state index in [0.717, 1.165) is 24.6 Å². The van der Waals surface area contributed by atoms with Gasteiger partial charge in [-0.25, -0.2) is 4.79 Å². The van der Waals surface area contributed by atoms with E-state index < -0.39 is 57.9 Å². The van der Waals surface area contributed by atoms with E-state index in [2.05, 4.69) is 30.7 Å². The number of amides is 1. The van der Waals surface area contributed by atoms with Gasteiger partial charge in [0.2, 0.25) is 5.78 Å². The predicted molar refractivity (Wildman–Crippen MR) is 195 cm³/mol. The van der Waals surface area contributed by atoms with Gasteiger partial charge in [0, 0.05) is 33.9 Å². The molecule has 4 fully saturated rings. The number of ether oxygens (including phenoxy) is 2. The van der Waals surface area contributed by atoms with Crippen LogP contribution in [0, 0.1) is 33.5 Å². The van der Waals surface area contributed by atoms with Gasteiger partial charge in [-0.1, -0.05) is 55.8 Å². The number of nitrogens with zero attached hydrogens (tertiary/aromatic N) is 1. The quantitative estimate of drug-likeness (QED) is 0.151. The number of rotatable bonds is 6. The van der Waals surface area contributed by atoms with Crippen LogP contribution in [0.3, 0.4) is 0 Å². The van der Waals surface area contributed by atoms with Crippen LogP contribution in [0.4, 0.5) is 31.1 Å². The first-order valence-corrected chi connectivity index (χ1v) is 19.6. The molecule has 7 aliphatic rings. The van der Waals surface area contributed by atoms with Crippen LogP contribution in [0.15, 0.2) is 82.8 Å². The molecule has 57 heavy (non-hydrogen) atoms. The van der Waals surface area contributed by atoms with Gasteiger partial charge in [-0.15, -0.1) is 13.2 Å². The molecule has 3 spiro atoms. The highest BCUT2D eigenvalue weighted by Crippen LogP contribution is 2.79. The lowest BCUT2D eigenvalue weighted by Crippen LogP contribution is -2.67. The molecule has 0 unspecified atom stereocenters. The molecule has 2 bridgehead atoms. The summed E-state index contributed by atoms with van der Waals surface area (Å²) in [5.41, 5.74) is -3.04. The summed E-state index contributed by atoms with van der Waals surface area (Å²) in [6.45, 7) is 4.76. The van der Waals surface area contributed by atoms with Crippen LogP contribution in [-0.2, 0) is 17.5 Å². The first-order chi connectivity index (χ1) is 26.7. The number of alkyl halides is 6. The number of halogens is 7. The summed E-state index contributed by atoms with van der Waals surface area (Å²) in [7, 11) is 0. The summed E-state index contributed by atoms with van der Waals surface area (Å²) in [6, 6.07) is 11.2. The van der Waals surface area contributed by atoms with Gasteiger partial charge in [-0.3, -0.25) is 9.69 Å². The summed E-state index contributed by atoms with van der Waals surface area (Å²) >= 11 is 6.35. The Kier molecular flexibility index (Phi) is 8.33. The Labute approximate surface area is 329 Å². The average Bonchev–Trinajstić information content (AvgIpc) is 3.83. The van der Waals surface area contributed by atoms with Crippen molar-refractivity contribution in [3.05, 3.63) is 100 Å². The number of hydrogen-bond acceptors (Lipinski definition) is 6. The number of Topliss-reactive ketones (excluding diaryl/α,β-unsaturated/α-hetero) is 1. The molecule has 10 rings (SSSR count). The number of fused-ring (bicyclic) bond motifs is 2. The molecule has 8 atom stereocenters. The molecule has 3 aromatic rings. The molecule has 3 saturated carbocycles. The zero-order valence-electron chi connectivity index (χ0n) is 31.1. The summed E-state index contributed by atoms with van der Waals surface area (Å²) < 4.78 is 95.7. The Morgan fingerprint density at radius 1 is 0.930 bits per heavy atom. The van der Waals surface area contributed by atoms with Crippen molar-refractivity contribution in [3.8, 4) is 17.1 Å². The smallest absolute Gasteiger partial charge is 0.453 e. The summed E-state index contributed by atoms with van der Waals surface area (Å²) in [5, 5.41) is 11.1. The van der Waals surface area contributed by atoms with Crippen molar-refractivity contribution >= 4 is 23.5 Å². The molecule has 1 saturated heterocycles. The fourth-order valence-electron chi connectivity index (χ4n) is 12.2. The zero-order valence-corrected chi connectivity index (χ0v) is 31.9. The highest BCUT2D eigenvalue weighted by molar-refractivity contribution is 6.33. The molecule has 6 aliphatic carbocycles. The van der Waals surface area contributed by atoms with E-state index in [1.807, 2.05) is 6.08 Å². The zero-order chi connectivity index (χ0) is 40.6. The molecular weight excluding hydrogens is 776 g/mol. The molecule has 2 heterocycles. The van der Waals surface area contributed by atoms with Crippen LogP contribution in [0.5, 0.6) is 5.75 Å². The maximum absolute atomic E-state index is 15.0. The molecule has 14 heteroatoms. The average molecular weight is 816 g/mol. The number of carbonyl (C=O) groups excluding carboxylic acids is 2. The molecule has 1 N–H and O–H groups in total. The van der Waals surface area contributed by atoms with Crippen molar-refractivity contribution in [2.24, 2.45) is 33.5 Å². The van der Waals surface area contributed by atoms with Crippen molar-refractivity contribution in [2.75, 3.05) is 6.54 Å². The number of ketones is 1. The molecule has 7 nitrogen and oxygen atoms in total. The number of hydrogen-bond donors (Lipinski definition) is 1. The van der Waals surface area contributed by atoms with E-state index in [-0.39, 0.29) is 58.2 Å². The minimum absolute atomic E-state index is 0.00311. The number of aliphatic hydroxyl groups excluding tert-OH is 1. The van der Waals surface area contributed by atoms with E-state index in [4.69, 9.17) is 20.8 Å². The van der Waals surface area contributed by atoms with Gasteiger partial charge in [0.1, 0.15) is 17.1 Å². The Balaban J connectivity index is 1.07. The number of aliphatic hydroxyl groups is 1. The lowest BCUT2D eigenvalue weighted by atomic mass is 9.32. The normalized spacial score (nSPS) is 35.5. The Bertz CT molecular complexity index is 2230. The maximum atomic E-state index is 15.0. The van der Waals surface area contributed by atoms with Gasteiger partial charge in [0.25, 0.3) is 0 Å². The molecule has 302 valence electrons. The molecule has 1 aromatic heterocycles. The van der Waals surface area contributed by atoms with Crippen molar-refractivity contribution in [2.45, 2.75) is 89.6 Å². The summed E-state index contributed by atoms with van der Waals surface area (Å²) in [6.07, 6.45) is 0.199. The topological polar surface area (TPSA) is 89.2 Å². The van der Waals surface area contributed by atoms with Crippen LogP contribution in [0.2, 0.25) is 5.02 Å². The highest BCUT2D eigenvalue weighted by Gasteiger charge is 2.76. The number of carbonyl (C=O) groups is 2. The molecule has 0 radical (unpaired) electrons. The standard InChI is InChI=1S/C43H40ClF6NO6/c1-37-14-11-26(52)20-39(37)17-18-41(29(21-39)35(53)32-10-9-31(55-32)28-19-25(42(45,46)47)5-8-30(28)44)33(37)12-15-38(2)34(41)13-16-40(38)23-51(36(54)57-40)22-24-3-6-27(7-4-24)56-43(48,49)50/h3-10,17-19,21,26,33-34,52H,11-16,20,22-23H2,1-2H3/t26-,33+,34+,37+,38-,39-,40+,41-/m0/s1. The number of benzene rings is 2. The largest absolute Gasteiger partial charge is 0.573 e. The van der Waals surface area contributed by atoms with Crippen LogP contribution < -0.4 is 4.74 Å². The van der Waals surface area contributed by atoms with Crippen LogP contribution in [-0.4, -0.2) is 46.5 Å². The lowest BCUT2D eigenvalue weighted by Gasteiger charge is -2.71. The van der Waals surface area contributed by atoms with Crippen LogP contribution in [0.25, 0.3) is 11.3 Å². The number of furan rings is 1. The van der Waals surface area contributed by atoms with E-state index >= 15 is 4.79 Å². The van der Waals surface area contributed by atoms with Crippen LogP contribution in [0.1, 0.15) is 80.5 Å². The minimum Gasteiger partial charge on any atom is -0.453 e. The first kappa shape index (κ1) is 38.3. The Hall–Kier alpha value is -4.23. The van der Waals surface area contributed by atoms with Gasteiger partial charge in [0.05, 0.1) is 23.2 Å². The maximum Gasteiger partial charge on any atom is 0.573 e. The SMILES string of the molecule is C[C@]12CC[C@H]3[C@@]4(C=C[C@@]5(C=C4C(=O)c4ccc(-c6cc(C(F)(F)F)ccc6Cl)o4)C[C@@H](O)CC[C@]35C)[C@@H]1CC[C@@]21CN(Cc2ccc(OC(F)(F)F)cc2)C(=O)O1. The van der Waals surface area contributed by atoms with Gasteiger partial charge < -0.3 is 19.0 Å². The number of allylic oxidation sites excluding steroid dienone is 4. The molecule has 1 aliphatic heterocycles. The monoisotopic (exact) mass is 815 g/mol. The van der Waals surface area contributed by atoms with E-state index in [0.29, 0.717) is 49.7 Å². The molecule has 2 aromatic carbocycles. The molecular formula is C43H40ClF6NO6. The van der Waals surface area contributed by atoms with Crippen molar-refractivity contribution in [1.29, 1.82) is 0 Å². The third-order valence-corrected chi connectivity index (χ3v) is 15.2. The fourth-order valence-corrected chi connectivity index (χ4v) is 12.4. The van der Waals surface area contributed by atoms with Crippen molar-refractivity contribution < 1.29 is 54.9 Å². The van der Waals surface area contributed by atoms with Gasteiger partial charge >= 0.3 is 18.6 Å². The Morgan fingerprint density at radius 3 is 2.35 bits per heavy atom. The first-order valence-electron chi connectivity index (χ1n) is 19.2. The lowest BCUT2D eigenvalue weighted by molar-refractivity contribution is -0.274. The highest BCUT2D eigenvalue weighted by atomic mass is 35.5. The predicted octanol–water partition coefficient (Wildman–Crippen LogP) is 11.0. The molecule has 1 amide bonds. The second-order valence-corrected chi connectivity index (χ2v) is 17.8. The van der Waals surface area contributed by atoms with Crippen LogP contribution >= 0.6 is 11.6 Å². The summed E-state index contributed by atoms with van der Waals surface area (Å²) in [4.78, 5) is 30.2.